The first-order chi connectivity index (χ1) is 29.6. The van der Waals surface area contributed by atoms with E-state index in [1.807, 2.05) is 69.8 Å². The minimum absolute atomic E-state index is 0.0372. The fraction of sp³-hybridized carbons (Fsp3) is 0.604. The number of ether oxygens (including phenoxy) is 3. The standard InChI is InChI=1S/C53H85NO7/c1-6-8-10-12-14-16-18-20-22-23-24-25-26-27-28-30-32-34-36-38-40-42-44-52(56)61-49(47-59-46-45-50(53(57)58)54(3,4)5)48-60-51(55)43-41-39-37-35-33-31-29-21-19-17-15-13-11-9-7-2/h8-11,13-17,19-22,24-25,29,31,33,49-50H,6-7,12,18,23,26-28,30,32,34-48H2,1-5H3/p+1/b10-8+,11-9+,15-13+,16-14+,19-17+,22-20+,25-24+,29-21+,33-31+. The van der Waals surface area contributed by atoms with Crippen molar-refractivity contribution in [1.29, 1.82) is 0 Å². The molecule has 0 saturated heterocycles. The number of nitrogens with zero attached hydrogens (tertiary/aromatic N) is 1. The topological polar surface area (TPSA) is 99.1 Å². The Morgan fingerprint density at radius 3 is 1.49 bits per heavy atom. The lowest BCUT2D eigenvalue weighted by atomic mass is 10.1. The first-order valence-electron chi connectivity index (χ1n) is 23.5. The largest absolute Gasteiger partial charge is 0.477 e. The molecule has 0 amide bonds. The van der Waals surface area contributed by atoms with Crippen molar-refractivity contribution in [2.75, 3.05) is 41.0 Å². The quantitative estimate of drug-likeness (QED) is 0.0215. The number of carbonyl (C=O) groups excluding carboxylic acids is 2. The SMILES string of the molecule is CC/C=C/C=C/C=C/C=C/C=C/CCCCCC(=O)OCC(COCCC(C(=O)O)[N+](C)(C)C)OC(=O)CCCCCCCCCCC/C=C/C/C=C/C/C=C/C/C=C/CC. The van der Waals surface area contributed by atoms with Crippen LogP contribution in [-0.2, 0) is 28.6 Å². The number of hydrogen-bond donors (Lipinski definition) is 1. The number of likely N-dealkylation sites (N-methyl/N-ethyl adjacent to an activating group) is 1. The maximum Gasteiger partial charge on any atom is 0.362 e. The maximum absolute atomic E-state index is 12.8. The number of quaternary nitrogens is 1. The maximum atomic E-state index is 12.8. The second kappa shape index (κ2) is 42.7. The van der Waals surface area contributed by atoms with Gasteiger partial charge in [-0.3, -0.25) is 9.59 Å². The van der Waals surface area contributed by atoms with Crippen molar-refractivity contribution >= 4 is 17.9 Å². The number of unbranched alkanes of at least 4 members (excludes halogenated alkanes) is 12. The van der Waals surface area contributed by atoms with E-state index in [1.165, 1.54) is 38.5 Å². The molecule has 0 aliphatic rings. The number of allylic oxidation sites excluding steroid dienone is 18. The van der Waals surface area contributed by atoms with Crippen molar-refractivity contribution in [3.05, 3.63) is 109 Å². The van der Waals surface area contributed by atoms with Gasteiger partial charge >= 0.3 is 17.9 Å². The highest BCUT2D eigenvalue weighted by Gasteiger charge is 2.31. The van der Waals surface area contributed by atoms with Gasteiger partial charge in [0.2, 0.25) is 0 Å². The third-order valence-electron chi connectivity index (χ3n) is 9.80. The zero-order valence-electron chi connectivity index (χ0n) is 39.1. The van der Waals surface area contributed by atoms with Gasteiger partial charge in [-0.15, -0.1) is 0 Å². The van der Waals surface area contributed by atoms with Crippen molar-refractivity contribution in [1.82, 2.24) is 0 Å². The van der Waals surface area contributed by atoms with Crippen LogP contribution in [0.5, 0.6) is 0 Å². The molecule has 0 aliphatic carbocycles. The van der Waals surface area contributed by atoms with E-state index in [0.29, 0.717) is 19.3 Å². The number of aliphatic carboxylic acids is 1. The molecule has 0 rings (SSSR count). The normalized spacial score (nSPS) is 13.9. The zero-order chi connectivity index (χ0) is 44.9. The van der Waals surface area contributed by atoms with Crippen LogP contribution in [0.25, 0.3) is 0 Å². The number of esters is 2. The van der Waals surface area contributed by atoms with Crippen LogP contribution in [0.2, 0.25) is 0 Å². The van der Waals surface area contributed by atoms with Gasteiger partial charge in [0, 0.05) is 19.3 Å². The highest BCUT2D eigenvalue weighted by Crippen LogP contribution is 2.14. The van der Waals surface area contributed by atoms with Gasteiger partial charge < -0.3 is 23.8 Å². The molecule has 8 nitrogen and oxygen atoms in total. The van der Waals surface area contributed by atoms with Crippen LogP contribution in [0, 0.1) is 0 Å². The number of rotatable bonds is 40. The van der Waals surface area contributed by atoms with Crippen LogP contribution >= 0.6 is 0 Å². The van der Waals surface area contributed by atoms with E-state index in [-0.39, 0.29) is 36.2 Å². The molecule has 0 bridgehead atoms. The Bertz CT molecular complexity index is 1360. The average Bonchev–Trinajstić information content (AvgIpc) is 3.22. The summed E-state index contributed by atoms with van der Waals surface area (Å²) >= 11 is 0. The lowest BCUT2D eigenvalue weighted by Crippen LogP contribution is -2.50. The number of carboxylic acid groups (broad SMARTS) is 1. The summed E-state index contributed by atoms with van der Waals surface area (Å²) in [5.41, 5.74) is 0. The van der Waals surface area contributed by atoms with E-state index in [0.717, 1.165) is 83.5 Å². The van der Waals surface area contributed by atoms with Crippen molar-refractivity contribution in [2.45, 2.75) is 167 Å². The summed E-state index contributed by atoms with van der Waals surface area (Å²) in [6.45, 7) is 4.41. The molecule has 1 N–H and O–H groups in total. The molecule has 0 saturated carbocycles. The van der Waals surface area contributed by atoms with Crippen LogP contribution in [0.1, 0.15) is 155 Å². The predicted molar refractivity (Wildman–Crippen MR) is 256 cm³/mol. The monoisotopic (exact) mass is 849 g/mol. The molecule has 344 valence electrons. The molecule has 0 aromatic heterocycles. The first kappa shape index (κ1) is 57.0. The number of carboxylic acids is 1. The van der Waals surface area contributed by atoms with Gasteiger partial charge in [0.1, 0.15) is 6.61 Å². The molecule has 0 spiro atoms. The minimum atomic E-state index is -0.887. The number of carbonyl (C=O) groups is 3. The van der Waals surface area contributed by atoms with Gasteiger partial charge in [-0.05, 0) is 70.6 Å². The highest BCUT2D eigenvalue weighted by atomic mass is 16.6. The molecule has 2 atom stereocenters. The first-order valence-corrected chi connectivity index (χ1v) is 23.5. The summed E-state index contributed by atoms with van der Waals surface area (Å²) in [5, 5.41) is 9.64. The Kier molecular flexibility index (Phi) is 39.9. The van der Waals surface area contributed by atoms with E-state index >= 15 is 0 Å². The summed E-state index contributed by atoms with van der Waals surface area (Å²) in [6.07, 6.45) is 58.5. The average molecular weight is 849 g/mol. The third-order valence-corrected chi connectivity index (χ3v) is 9.80. The van der Waals surface area contributed by atoms with Crippen LogP contribution in [0.15, 0.2) is 109 Å². The van der Waals surface area contributed by atoms with E-state index in [2.05, 4.69) is 74.6 Å². The van der Waals surface area contributed by atoms with Gasteiger partial charge in [0.15, 0.2) is 12.1 Å². The Balaban J connectivity index is 4.37. The Morgan fingerprint density at radius 2 is 0.951 bits per heavy atom. The predicted octanol–water partition coefficient (Wildman–Crippen LogP) is 13.2. The molecule has 0 aromatic carbocycles. The number of hydrogen-bond acceptors (Lipinski definition) is 6. The smallest absolute Gasteiger partial charge is 0.362 e. The van der Waals surface area contributed by atoms with Gasteiger partial charge in [0.25, 0.3) is 0 Å². The van der Waals surface area contributed by atoms with Crippen LogP contribution in [0.3, 0.4) is 0 Å². The Labute approximate surface area is 372 Å². The Hall–Kier alpha value is -4.01. The highest BCUT2D eigenvalue weighted by molar-refractivity contribution is 5.72. The van der Waals surface area contributed by atoms with E-state index in [1.54, 1.807) is 0 Å². The summed E-state index contributed by atoms with van der Waals surface area (Å²) in [4.78, 5) is 37.1. The zero-order valence-corrected chi connectivity index (χ0v) is 39.1. The molecular weight excluding hydrogens is 763 g/mol. The molecule has 2 unspecified atom stereocenters. The van der Waals surface area contributed by atoms with Crippen LogP contribution < -0.4 is 0 Å². The summed E-state index contributed by atoms with van der Waals surface area (Å²) in [5.74, 6) is -1.54. The molecular formula is C53H86NO7+. The van der Waals surface area contributed by atoms with Crippen molar-refractivity contribution in [3.63, 3.8) is 0 Å². The molecule has 0 aliphatic heterocycles. The molecule has 0 heterocycles. The fourth-order valence-corrected chi connectivity index (χ4v) is 6.22. The van der Waals surface area contributed by atoms with Gasteiger partial charge in [-0.2, -0.15) is 0 Å². The Morgan fingerprint density at radius 1 is 0.508 bits per heavy atom. The van der Waals surface area contributed by atoms with E-state index in [4.69, 9.17) is 14.2 Å². The van der Waals surface area contributed by atoms with E-state index < -0.39 is 18.1 Å². The second-order valence-electron chi connectivity index (χ2n) is 16.4. The van der Waals surface area contributed by atoms with Crippen molar-refractivity contribution < 1.29 is 38.2 Å². The van der Waals surface area contributed by atoms with E-state index in [9.17, 15) is 19.5 Å². The summed E-state index contributed by atoms with van der Waals surface area (Å²) in [7, 11) is 5.50. The molecule has 0 aromatic rings. The summed E-state index contributed by atoms with van der Waals surface area (Å²) < 4.78 is 17.3. The molecule has 0 radical (unpaired) electrons. The fourth-order valence-electron chi connectivity index (χ4n) is 6.22. The second-order valence-corrected chi connectivity index (χ2v) is 16.4. The molecule has 0 fully saturated rings. The van der Waals surface area contributed by atoms with Gasteiger partial charge in [-0.1, -0.05) is 175 Å². The van der Waals surface area contributed by atoms with Crippen molar-refractivity contribution in [3.8, 4) is 0 Å². The lowest BCUT2D eigenvalue weighted by Gasteiger charge is -2.31. The van der Waals surface area contributed by atoms with Gasteiger partial charge in [0.05, 0.1) is 34.4 Å². The third kappa shape index (κ3) is 41.1. The minimum Gasteiger partial charge on any atom is -0.477 e. The van der Waals surface area contributed by atoms with Crippen LogP contribution in [-0.4, -0.2) is 80.6 Å². The van der Waals surface area contributed by atoms with Crippen LogP contribution in [0.4, 0.5) is 0 Å². The molecule has 8 heteroatoms. The summed E-state index contributed by atoms with van der Waals surface area (Å²) in [6, 6.07) is -0.629. The van der Waals surface area contributed by atoms with Crippen molar-refractivity contribution in [2.24, 2.45) is 0 Å². The van der Waals surface area contributed by atoms with Gasteiger partial charge in [-0.25, -0.2) is 4.79 Å². The lowest BCUT2D eigenvalue weighted by molar-refractivity contribution is -0.887. The molecule has 61 heavy (non-hydrogen) atoms.